The molecule has 3 aromatic carbocycles. The summed E-state index contributed by atoms with van der Waals surface area (Å²) in [5, 5.41) is 13.8. The Bertz CT molecular complexity index is 1450. The molecule has 1 saturated heterocycles. The SMILES string of the molecule is CC(C)(C)OC(=O)N1CC(NSc2ccc(OC(F)(F)F)cc2)C(O)C(n2c3ccccc3c3ccccc32)C1. The van der Waals surface area contributed by atoms with Crippen molar-refractivity contribution >= 4 is 39.8 Å². The molecule has 0 bridgehead atoms. The molecule has 7 nitrogen and oxygen atoms in total. The molecule has 11 heteroatoms. The van der Waals surface area contributed by atoms with Crippen molar-refractivity contribution in [1.29, 1.82) is 0 Å². The minimum atomic E-state index is -4.77. The van der Waals surface area contributed by atoms with Gasteiger partial charge in [0.2, 0.25) is 0 Å². The molecule has 3 unspecified atom stereocenters. The predicted molar refractivity (Wildman–Crippen MR) is 148 cm³/mol. The molecule has 0 aliphatic carbocycles. The third-order valence-electron chi connectivity index (χ3n) is 6.62. The van der Waals surface area contributed by atoms with E-state index in [9.17, 15) is 23.1 Å². The van der Waals surface area contributed by atoms with Gasteiger partial charge in [-0.25, -0.2) is 4.79 Å². The molecule has 2 heterocycles. The molecule has 1 aliphatic heterocycles. The minimum absolute atomic E-state index is 0.173. The third kappa shape index (κ3) is 6.16. The van der Waals surface area contributed by atoms with Crippen molar-refractivity contribution in [2.75, 3.05) is 13.1 Å². The number of para-hydroxylation sites is 2. The average Bonchev–Trinajstić information content (AvgIpc) is 3.21. The van der Waals surface area contributed by atoms with E-state index >= 15 is 0 Å². The van der Waals surface area contributed by atoms with Gasteiger partial charge in [-0.15, -0.1) is 13.2 Å². The molecule has 5 rings (SSSR count). The van der Waals surface area contributed by atoms with E-state index < -0.39 is 36.2 Å². The van der Waals surface area contributed by atoms with E-state index in [1.807, 2.05) is 48.5 Å². The molecule has 1 amide bonds. The first-order valence-electron chi connectivity index (χ1n) is 12.8. The Morgan fingerprint density at radius 1 is 0.925 bits per heavy atom. The largest absolute Gasteiger partial charge is 0.573 e. The number of carbonyl (C=O) groups excluding carboxylic acids is 1. The lowest BCUT2D eigenvalue weighted by atomic mass is 9.97. The van der Waals surface area contributed by atoms with Gasteiger partial charge >= 0.3 is 12.5 Å². The predicted octanol–water partition coefficient (Wildman–Crippen LogP) is 6.51. The molecule has 0 saturated carbocycles. The van der Waals surface area contributed by atoms with Gasteiger partial charge in [0.25, 0.3) is 0 Å². The summed E-state index contributed by atoms with van der Waals surface area (Å²) in [5.41, 5.74) is 1.17. The van der Waals surface area contributed by atoms with Crippen molar-refractivity contribution < 1.29 is 32.5 Å². The molecular formula is C29H30F3N3O4S. The van der Waals surface area contributed by atoms with Gasteiger partial charge < -0.3 is 24.0 Å². The summed E-state index contributed by atoms with van der Waals surface area (Å²) in [4.78, 5) is 15.4. The highest BCUT2D eigenvalue weighted by atomic mass is 32.2. The number of amides is 1. The number of hydrogen-bond acceptors (Lipinski definition) is 6. The number of aliphatic hydroxyl groups is 1. The van der Waals surface area contributed by atoms with E-state index in [1.165, 1.54) is 24.3 Å². The monoisotopic (exact) mass is 573 g/mol. The standard InChI is InChI=1S/C29H30F3N3O4S/c1-28(2,3)39-27(37)34-16-22(33-40-19-14-12-18(13-15-19)38-29(30,31)32)26(36)25(17-34)35-23-10-6-4-8-20(23)21-9-5-7-11-24(21)35/h4-15,22,25-26,33,36H,16-17H2,1-3H3. The van der Waals surface area contributed by atoms with Crippen LogP contribution in [0.3, 0.4) is 0 Å². The van der Waals surface area contributed by atoms with Crippen LogP contribution in [-0.4, -0.2) is 57.9 Å². The van der Waals surface area contributed by atoms with E-state index in [1.54, 1.807) is 25.7 Å². The van der Waals surface area contributed by atoms with E-state index in [0.717, 1.165) is 33.8 Å². The Hall–Kier alpha value is -3.41. The number of likely N-dealkylation sites (tertiary alicyclic amines) is 1. The van der Waals surface area contributed by atoms with Gasteiger partial charge in [0.1, 0.15) is 11.4 Å². The number of benzene rings is 3. The Morgan fingerprint density at radius 2 is 1.50 bits per heavy atom. The lowest BCUT2D eigenvalue weighted by Gasteiger charge is -2.42. The lowest BCUT2D eigenvalue weighted by molar-refractivity contribution is -0.274. The lowest BCUT2D eigenvalue weighted by Crippen LogP contribution is -2.58. The number of rotatable bonds is 5. The maximum atomic E-state index is 13.2. The second kappa shape index (κ2) is 10.9. The fourth-order valence-electron chi connectivity index (χ4n) is 5.00. The van der Waals surface area contributed by atoms with E-state index in [0.29, 0.717) is 4.90 Å². The summed E-state index contributed by atoms with van der Waals surface area (Å²) in [5.74, 6) is -0.322. The number of aromatic nitrogens is 1. The van der Waals surface area contributed by atoms with E-state index in [4.69, 9.17) is 4.74 Å². The maximum absolute atomic E-state index is 13.2. The summed E-state index contributed by atoms with van der Waals surface area (Å²) in [7, 11) is 0. The number of nitrogens with one attached hydrogen (secondary N) is 1. The summed E-state index contributed by atoms with van der Waals surface area (Å²) in [6, 6.07) is 20.2. The minimum Gasteiger partial charge on any atom is -0.444 e. The summed E-state index contributed by atoms with van der Waals surface area (Å²) in [6.07, 6.45) is -6.17. The number of aliphatic hydroxyl groups excluding tert-OH is 1. The first-order chi connectivity index (χ1) is 18.9. The van der Waals surface area contributed by atoms with Crippen LogP contribution >= 0.6 is 11.9 Å². The number of carbonyl (C=O) groups is 1. The van der Waals surface area contributed by atoms with Crippen LogP contribution in [0.5, 0.6) is 5.75 Å². The summed E-state index contributed by atoms with van der Waals surface area (Å²) in [6.45, 7) is 5.79. The molecule has 0 spiro atoms. The van der Waals surface area contributed by atoms with E-state index in [2.05, 4.69) is 14.0 Å². The van der Waals surface area contributed by atoms with Crippen LogP contribution in [0.1, 0.15) is 26.8 Å². The number of ether oxygens (including phenoxy) is 2. The van der Waals surface area contributed by atoms with Crippen molar-refractivity contribution in [1.82, 2.24) is 14.2 Å². The molecular weight excluding hydrogens is 543 g/mol. The highest BCUT2D eigenvalue weighted by molar-refractivity contribution is 7.97. The number of nitrogens with zero attached hydrogens (tertiary/aromatic N) is 2. The van der Waals surface area contributed by atoms with Crippen molar-refractivity contribution in [3.05, 3.63) is 72.8 Å². The molecule has 3 atom stereocenters. The molecule has 40 heavy (non-hydrogen) atoms. The van der Waals surface area contributed by atoms with Crippen LogP contribution in [-0.2, 0) is 4.74 Å². The van der Waals surface area contributed by atoms with Gasteiger partial charge in [0.15, 0.2) is 0 Å². The topological polar surface area (TPSA) is 76.0 Å². The Labute approximate surface area is 234 Å². The fourth-order valence-corrected chi connectivity index (χ4v) is 5.78. The summed E-state index contributed by atoms with van der Waals surface area (Å²) < 4.78 is 52.5. The Balaban J connectivity index is 1.45. The van der Waals surface area contributed by atoms with Crippen LogP contribution < -0.4 is 9.46 Å². The highest BCUT2D eigenvalue weighted by Crippen LogP contribution is 2.36. The number of fused-ring (bicyclic) bond motifs is 3. The fraction of sp³-hybridized carbons (Fsp3) is 0.345. The molecule has 4 aromatic rings. The smallest absolute Gasteiger partial charge is 0.444 e. The van der Waals surface area contributed by atoms with Gasteiger partial charge in [-0.2, -0.15) is 0 Å². The zero-order valence-corrected chi connectivity index (χ0v) is 23.0. The summed E-state index contributed by atoms with van der Waals surface area (Å²) >= 11 is 1.16. The first-order valence-corrected chi connectivity index (χ1v) is 13.6. The quantitative estimate of drug-likeness (QED) is 0.265. The maximum Gasteiger partial charge on any atom is 0.573 e. The van der Waals surface area contributed by atoms with Gasteiger partial charge in [-0.1, -0.05) is 36.4 Å². The Morgan fingerprint density at radius 3 is 2.05 bits per heavy atom. The first kappa shape index (κ1) is 28.1. The third-order valence-corrected chi connectivity index (χ3v) is 7.55. The molecule has 212 valence electrons. The Kier molecular flexibility index (Phi) is 7.64. The number of piperidine rings is 1. The van der Waals surface area contributed by atoms with Crippen LogP contribution in [0.15, 0.2) is 77.7 Å². The van der Waals surface area contributed by atoms with E-state index in [-0.39, 0.29) is 18.8 Å². The zero-order chi connectivity index (χ0) is 28.7. The molecule has 1 aromatic heterocycles. The van der Waals surface area contributed by atoms with Crippen molar-refractivity contribution in [3.8, 4) is 5.75 Å². The van der Waals surface area contributed by atoms with Crippen LogP contribution in [0.25, 0.3) is 21.8 Å². The van der Waals surface area contributed by atoms with Crippen LogP contribution in [0, 0.1) is 0 Å². The molecule has 2 N–H and O–H groups in total. The number of hydrogen-bond donors (Lipinski definition) is 2. The van der Waals surface area contributed by atoms with Crippen LogP contribution in [0.2, 0.25) is 0 Å². The normalized spacial score (nSPS) is 20.2. The van der Waals surface area contributed by atoms with Gasteiger partial charge in [0, 0.05) is 39.8 Å². The van der Waals surface area contributed by atoms with Crippen molar-refractivity contribution in [2.45, 2.75) is 55.8 Å². The van der Waals surface area contributed by atoms with Gasteiger partial charge in [-0.05, 0) is 69.1 Å². The van der Waals surface area contributed by atoms with Crippen molar-refractivity contribution in [2.24, 2.45) is 0 Å². The second-order valence-corrected chi connectivity index (χ2v) is 11.6. The molecule has 1 aliphatic rings. The molecule has 0 radical (unpaired) electrons. The van der Waals surface area contributed by atoms with Gasteiger partial charge in [0.05, 0.1) is 18.2 Å². The number of alkyl halides is 3. The van der Waals surface area contributed by atoms with Gasteiger partial charge in [-0.3, -0.25) is 4.72 Å². The zero-order valence-electron chi connectivity index (χ0n) is 22.2. The number of halogens is 3. The molecule has 1 fully saturated rings. The van der Waals surface area contributed by atoms with Crippen molar-refractivity contribution in [3.63, 3.8) is 0 Å². The van der Waals surface area contributed by atoms with Crippen LogP contribution in [0.4, 0.5) is 18.0 Å². The average molecular weight is 574 g/mol. The highest BCUT2D eigenvalue weighted by Gasteiger charge is 2.41. The second-order valence-electron chi connectivity index (χ2n) is 10.7.